The average Bonchev–Trinajstić information content (AvgIpc) is 2.14. The summed E-state index contributed by atoms with van der Waals surface area (Å²) in [4.78, 5) is 5.13. The van der Waals surface area contributed by atoms with Crippen molar-refractivity contribution in [2.75, 3.05) is 13.7 Å². The smallest absolute Gasteiger partial charge is 0.167 e. The molecule has 0 fully saturated rings. The third-order valence-electron chi connectivity index (χ3n) is 0.852. The van der Waals surface area contributed by atoms with Crippen molar-refractivity contribution in [3.8, 4) is 0 Å². The Morgan fingerprint density at radius 3 is 2.88 bits per heavy atom. The predicted molar refractivity (Wildman–Crippen MR) is 28.2 cm³/mol. The van der Waals surface area contributed by atoms with Crippen LogP contribution in [-0.2, 0) is 0 Å². The van der Waals surface area contributed by atoms with E-state index in [0.717, 1.165) is 0 Å². The van der Waals surface area contributed by atoms with Crippen LogP contribution in [0, 0.1) is 6.54 Å². The monoisotopic (exact) mass is 113 g/mol. The van der Waals surface area contributed by atoms with Gasteiger partial charge in [-0.05, 0) is 0 Å². The zero-order valence-corrected chi connectivity index (χ0v) is 4.56. The van der Waals surface area contributed by atoms with Crippen molar-refractivity contribution in [1.82, 2.24) is 4.90 Å². The summed E-state index contributed by atoms with van der Waals surface area (Å²) >= 11 is 0. The Kier molecular flexibility index (Phi) is 1.46. The molecule has 1 aliphatic heterocycles. The third kappa shape index (κ3) is 0.967. The summed E-state index contributed by atoms with van der Waals surface area (Å²) in [5.74, 6) is 0. The van der Waals surface area contributed by atoms with E-state index >= 15 is 0 Å². The van der Waals surface area contributed by atoms with Crippen LogP contribution in [0.4, 0.5) is 4.39 Å². The lowest BCUT2D eigenvalue weighted by Crippen LogP contribution is -2.12. The quantitative estimate of drug-likeness (QED) is 0.474. The molecule has 8 heavy (non-hydrogen) atoms. The van der Waals surface area contributed by atoms with Gasteiger partial charge in [0.2, 0.25) is 0 Å². The molecule has 1 unspecified atom stereocenters. The fourth-order valence-corrected chi connectivity index (χ4v) is 0.507. The van der Waals surface area contributed by atoms with E-state index in [1.165, 1.54) is 4.90 Å². The molecule has 1 aliphatic rings. The highest BCUT2D eigenvalue weighted by atomic mass is 19.1. The molecular weight excluding hydrogens is 107 g/mol. The number of halogens is 1. The summed E-state index contributed by atoms with van der Waals surface area (Å²) in [6, 6.07) is -0.403. The van der Waals surface area contributed by atoms with Crippen LogP contribution in [0.25, 0.3) is 0 Å². The molecule has 2 nitrogen and oxygen atoms in total. The molecule has 0 aromatic heterocycles. The second-order valence-corrected chi connectivity index (χ2v) is 1.59. The maximum atomic E-state index is 11.6. The maximum absolute atomic E-state index is 11.6. The Morgan fingerprint density at radius 2 is 2.62 bits per heavy atom. The van der Waals surface area contributed by atoms with Crippen molar-refractivity contribution < 1.29 is 4.39 Å². The zero-order chi connectivity index (χ0) is 5.98. The standard InChI is InChI=1S/C5H6FN2/c1-8-3-5(2-6)7-4-8/h5H,2H2,1H3. The van der Waals surface area contributed by atoms with Crippen molar-refractivity contribution in [3.63, 3.8) is 0 Å². The molecule has 0 amide bonds. The molecule has 0 saturated carbocycles. The summed E-state index contributed by atoms with van der Waals surface area (Å²) in [5.41, 5.74) is 0. The summed E-state index contributed by atoms with van der Waals surface area (Å²) in [5, 5.41) is 0. The van der Waals surface area contributed by atoms with Gasteiger partial charge in [-0.3, -0.25) is 4.99 Å². The van der Waals surface area contributed by atoms with Crippen LogP contribution in [-0.4, -0.2) is 31.0 Å². The molecule has 0 saturated heterocycles. The molecule has 0 aliphatic carbocycles. The van der Waals surface area contributed by atoms with E-state index in [1.54, 1.807) is 7.05 Å². The van der Waals surface area contributed by atoms with Crippen LogP contribution in [0.5, 0.6) is 0 Å². The minimum absolute atomic E-state index is 0.403. The Morgan fingerprint density at radius 1 is 1.88 bits per heavy atom. The van der Waals surface area contributed by atoms with Gasteiger partial charge in [-0.15, -0.1) is 0 Å². The van der Waals surface area contributed by atoms with E-state index in [0.29, 0.717) is 0 Å². The second kappa shape index (κ2) is 2.11. The highest BCUT2D eigenvalue weighted by molar-refractivity contribution is 5.59. The first-order valence-corrected chi connectivity index (χ1v) is 2.34. The molecule has 1 rings (SSSR count). The largest absolute Gasteiger partial charge is 0.344 e. The van der Waals surface area contributed by atoms with Gasteiger partial charge in [0.15, 0.2) is 6.34 Å². The zero-order valence-electron chi connectivity index (χ0n) is 4.56. The lowest BCUT2D eigenvalue weighted by atomic mass is 10.3. The molecule has 0 aromatic carbocycles. The van der Waals surface area contributed by atoms with Crippen molar-refractivity contribution in [3.05, 3.63) is 6.54 Å². The topological polar surface area (TPSA) is 15.6 Å². The number of alkyl halides is 1. The van der Waals surface area contributed by atoms with Crippen molar-refractivity contribution >= 4 is 6.34 Å². The molecule has 1 atom stereocenters. The summed E-state index contributed by atoms with van der Waals surface area (Å²) in [6.45, 7) is 2.21. The summed E-state index contributed by atoms with van der Waals surface area (Å²) in [7, 11) is 1.72. The lowest BCUT2D eigenvalue weighted by molar-refractivity contribution is 0.437. The lowest BCUT2D eigenvalue weighted by Gasteiger charge is -2.01. The van der Waals surface area contributed by atoms with Crippen LogP contribution in [0.2, 0.25) is 0 Å². The van der Waals surface area contributed by atoms with Crippen LogP contribution in [0.1, 0.15) is 0 Å². The minimum atomic E-state index is -0.475. The van der Waals surface area contributed by atoms with Gasteiger partial charge in [0, 0.05) is 7.05 Å². The Bertz CT molecular complexity index is 103. The third-order valence-corrected chi connectivity index (χ3v) is 0.852. The van der Waals surface area contributed by atoms with Crippen molar-refractivity contribution in [2.45, 2.75) is 6.04 Å². The minimum Gasteiger partial charge on any atom is -0.344 e. The molecular formula is C5H6FN2. The highest BCUT2D eigenvalue weighted by Gasteiger charge is 2.15. The molecule has 0 N–H and O–H groups in total. The Hall–Kier alpha value is -0.600. The summed E-state index contributed by atoms with van der Waals surface area (Å²) in [6.07, 6.45) is 2.53. The van der Waals surface area contributed by atoms with E-state index in [2.05, 4.69) is 17.9 Å². The number of likely N-dealkylation sites (N-methyl/N-ethyl adjacent to an activating group) is 1. The molecule has 0 bridgehead atoms. The van der Waals surface area contributed by atoms with Gasteiger partial charge in [-0.25, -0.2) is 4.39 Å². The SMILES string of the molecule is CN1[C]C(CF)N=[C]1. The van der Waals surface area contributed by atoms with Gasteiger partial charge in [0.25, 0.3) is 0 Å². The van der Waals surface area contributed by atoms with Gasteiger partial charge >= 0.3 is 0 Å². The number of nitrogens with zero attached hydrogens (tertiary/aromatic N) is 2. The first-order chi connectivity index (χ1) is 3.83. The Balaban J connectivity index is 2.34. The predicted octanol–water partition coefficient (Wildman–Crippen LogP) is 0.214. The normalized spacial score (nSPS) is 27.2. The average molecular weight is 113 g/mol. The van der Waals surface area contributed by atoms with Crippen LogP contribution < -0.4 is 0 Å². The number of aliphatic imine (C=N–C) groups is 1. The van der Waals surface area contributed by atoms with E-state index in [9.17, 15) is 4.39 Å². The van der Waals surface area contributed by atoms with Gasteiger partial charge in [0.05, 0.1) is 0 Å². The number of rotatable bonds is 1. The van der Waals surface area contributed by atoms with Crippen molar-refractivity contribution in [2.24, 2.45) is 4.99 Å². The highest BCUT2D eigenvalue weighted by Crippen LogP contribution is 2.05. The van der Waals surface area contributed by atoms with Crippen LogP contribution >= 0.6 is 0 Å². The van der Waals surface area contributed by atoms with Gasteiger partial charge in [0.1, 0.15) is 19.3 Å². The van der Waals surface area contributed by atoms with E-state index < -0.39 is 12.7 Å². The van der Waals surface area contributed by atoms with E-state index in [-0.39, 0.29) is 0 Å². The number of hydrogen-bond donors (Lipinski definition) is 0. The second-order valence-electron chi connectivity index (χ2n) is 1.59. The molecule has 0 aromatic rings. The van der Waals surface area contributed by atoms with Crippen molar-refractivity contribution in [1.29, 1.82) is 0 Å². The van der Waals surface area contributed by atoms with Crippen LogP contribution in [0.3, 0.4) is 0 Å². The first-order valence-electron chi connectivity index (χ1n) is 2.34. The van der Waals surface area contributed by atoms with E-state index in [4.69, 9.17) is 0 Å². The maximum Gasteiger partial charge on any atom is 0.167 e. The molecule has 3 radical (unpaired) electrons. The molecule has 43 valence electrons. The fourth-order valence-electron chi connectivity index (χ4n) is 0.507. The molecule has 1 heterocycles. The molecule has 0 spiro atoms. The van der Waals surface area contributed by atoms with E-state index in [1.807, 2.05) is 0 Å². The molecule has 3 heteroatoms. The van der Waals surface area contributed by atoms with Gasteiger partial charge in [-0.1, -0.05) is 0 Å². The summed E-state index contributed by atoms with van der Waals surface area (Å²) < 4.78 is 11.6. The fraction of sp³-hybridized carbons (Fsp3) is 0.600. The van der Waals surface area contributed by atoms with Gasteiger partial charge in [-0.2, -0.15) is 0 Å². The first kappa shape index (κ1) is 5.54. The van der Waals surface area contributed by atoms with Crippen LogP contribution in [0.15, 0.2) is 4.99 Å². The number of hydrogen-bond acceptors (Lipinski definition) is 2. The Labute approximate surface area is 48.0 Å². The van der Waals surface area contributed by atoms with Gasteiger partial charge < -0.3 is 4.90 Å².